The molecule has 0 aliphatic rings. The summed E-state index contributed by atoms with van der Waals surface area (Å²) >= 11 is 1.66. The maximum atomic E-state index is 12.7. The van der Waals surface area contributed by atoms with Crippen LogP contribution in [0.4, 0.5) is 16.2 Å². The largest absolute Gasteiger partial charge is 0.326 e. The van der Waals surface area contributed by atoms with Crippen molar-refractivity contribution in [1.82, 2.24) is 0 Å². The van der Waals surface area contributed by atoms with Crippen LogP contribution in [-0.2, 0) is 5.41 Å². The molecule has 4 heteroatoms. The summed E-state index contributed by atoms with van der Waals surface area (Å²) in [6.07, 6.45) is 2.04. The van der Waals surface area contributed by atoms with Crippen molar-refractivity contribution >= 4 is 29.2 Å². The van der Waals surface area contributed by atoms with Crippen molar-refractivity contribution < 1.29 is 4.79 Å². The number of para-hydroxylation sites is 2. The Labute approximate surface area is 143 Å². The van der Waals surface area contributed by atoms with Gasteiger partial charge in [0.1, 0.15) is 0 Å². The average Bonchev–Trinajstić information content (AvgIpc) is 2.53. The maximum Gasteiger partial charge on any atom is 0.326 e. The molecule has 23 heavy (non-hydrogen) atoms. The molecule has 1 N–H and O–H groups in total. The van der Waals surface area contributed by atoms with Crippen LogP contribution in [0.3, 0.4) is 0 Å². The Balaban J connectivity index is 2.38. The molecule has 0 unspecified atom stereocenters. The molecule has 0 aliphatic heterocycles. The van der Waals surface area contributed by atoms with E-state index in [4.69, 9.17) is 0 Å². The zero-order valence-corrected chi connectivity index (χ0v) is 15.2. The average molecular weight is 328 g/mol. The number of hydrogen-bond donors (Lipinski definition) is 1. The summed E-state index contributed by atoms with van der Waals surface area (Å²) in [5, 5.41) is 2.95. The van der Waals surface area contributed by atoms with Crippen LogP contribution in [0.1, 0.15) is 26.3 Å². The van der Waals surface area contributed by atoms with Crippen molar-refractivity contribution in [2.45, 2.75) is 31.1 Å². The van der Waals surface area contributed by atoms with Crippen molar-refractivity contribution in [2.75, 3.05) is 23.5 Å². The van der Waals surface area contributed by atoms with Crippen molar-refractivity contribution in [3.63, 3.8) is 0 Å². The van der Waals surface area contributed by atoms with E-state index in [0.29, 0.717) is 0 Å². The molecule has 3 nitrogen and oxygen atoms in total. The van der Waals surface area contributed by atoms with E-state index >= 15 is 0 Å². The highest BCUT2D eigenvalue weighted by atomic mass is 32.2. The minimum atomic E-state index is -0.136. The van der Waals surface area contributed by atoms with Crippen LogP contribution in [-0.4, -0.2) is 19.3 Å². The first-order valence-corrected chi connectivity index (χ1v) is 8.84. The first kappa shape index (κ1) is 17.4. The van der Waals surface area contributed by atoms with Gasteiger partial charge in [-0.15, -0.1) is 11.8 Å². The molecule has 0 atom stereocenters. The number of hydrogen-bond acceptors (Lipinski definition) is 2. The lowest BCUT2D eigenvalue weighted by atomic mass is 9.85. The predicted molar refractivity (Wildman–Crippen MR) is 101 cm³/mol. The topological polar surface area (TPSA) is 32.3 Å². The van der Waals surface area contributed by atoms with Crippen LogP contribution in [0.25, 0.3) is 0 Å². The highest BCUT2D eigenvalue weighted by Crippen LogP contribution is 2.38. The zero-order valence-electron chi connectivity index (χ0n) is 14.4. The molecule has 0 radical (unpaired) electrons. The van der Waals surface area contributed by atoms with Gasteiger partial charge in [-0.2, -0.15) is 0 Å². The Bertz CT molecular complexity index is 678. The summed E-state index contributed by atoms with van der Waals surface area (Å²) in [6, 6.07) is 15.6. The van der Waals surface area contributed by atoms with Gasteiger partial charge >= 0.3 is 6.03 Å². The fraction of sp³-hybridized carbons (Fsp3) is 0.316. The maximum absolute atomic E-state index is 12.7. The Morgan fingerprint density at radius 3 is 2.26 bits per heavy atom. The van der Waals surface area contributed by atoms with Crippen LogP contribution in [0.5, 0.6) is 0 Å². The second kappa shape index (κ2) is 7.09. The number of benzene rings is 2. The van der Waals surface area contributed by atoms with E-state index < -0.39 is 0 Å². The molecule has 0 saturated heterocycles. The number of rotatable bonds is 3. The number of anilines is 2. The van der Waals surface area contributed by atoms with Gasteiger partial charge in [0.05, 0.1) is 5.69 Å². The van der Waals surface area contributed by atoms with Gasteiger partial charge in [-0.25, -0.2) is 4.79 Å². The summed E-state index contributed by atoms with van der Waals surface area (Å²) in [6.45, 7) is 6.50. The smallest absolute Gasteiger partial charge is 0.308 e. The summed E-state index contributed by atoms with van der Waals surface area (Å²) in [5.41, 5.74) is 2.89. The zero-order chi connectivity index (χ0) is 17.0. The lowest BCUT2D eigenvalue weighted by Gasteiger charge is -2.29. The number of nitrogens with one attached hydrogen (secondary N) is 1. The molecule has 0 aromatic heterocycles. The van der Waals surface area contributed by atoms with Gasteiger partial charge in [-0.3, -0.25) is 4.90 Å². The van der Waals surface area contributed by atoms with E-state index in [9.17, 15) is 4.79 Å². The third-order valence-electron chi connectivity index (χ3n) is 3.69. The molecule has 2 amide bonds. The van der Waals surface area contributed by atoms with Gasteiger partial charge in [-0.05, 0) is 35.4 Å². The second-order valence-corrected chi connectivity index (χ2v) is 7.31. The van der Waals surface area contributed by atoms with Crippen LogP contribution in [0.15, 0.2) is 53.4 Å². The molecule has 0 spiro atoms. The number of nitrogens with zero attached hydrogens (tertiary/aromatic N) is 1. The molecule has 2 rings (SSSR count). The van der Waals surface area contributed by atoms with Crippen molar-refractivity contribution in [3.8, 4) is 0 Å². The third kappa shape index (κ3) is 4.08. The van der Waals surface area contributed by atoms with Gasteiger partial charge in [0.25, 0.3) is 0 Å². The Morgan fingerprint density at radius 1 is 1.04 bits per heavy atom. The first-order valence-electron chi connectivity index (χ1n) is 7.62. The Hall–Kier alpha value is -1.94. The SMILES string of the molecule is CSc1cccc(C(C)(C)C)c1N(C)C(=O)Nc1ccccc1. The first-order chi connectivity index (χ1) is 10.8. The number of urea groups is 1. The highest BCUT2D eigenvalue weighted by molar-refractivity contribution is 7.98. The molecular formula is C19H24N2OS. The monoisotopic (exact) mass is 328 g/mol. The van der Waals surface area contributed by atoms with Gasteiger partial charge in [0.2, 0.25) is 0 Å². The van der Waals surface area contributed by atoms with E-state index in [1.807, 2.05) is 43.6 Å². The summed E-state index contributed by atoms with van der Waals surface area (Å²) in [5.74, 6) is 0. The highest BCUT2D eigenvalue weighted by Gasteiger charge is 2.25. The summed E-state index contributed by atoms with van der Waals surface area (Å²) < 4.78 is 0. The second-order valence-electron chi connectivity index (χ2n) is 6.46. The van der Waals surface area contributed by atoms with Gasteiger partial charge in [0, 0.05) is 17.6 Å². The van der Waals surface area contributed by atoms with E-state index in [1.165, 1.54) is 0 Å². The number of carbonyl (C=O) groups is 1. The van der Waals surface area contributed by atoms with Gasteiger partial charge < -0.3 is 5.32 Å². The molecule has 2 aromatic rings. The van der Waals surface area contributed by atoms with Crippen LogP contribution in [0, 0.1) is 0 Å². The van der Waals surface area contributed by atoms with E-state index in [1.54, 1.807) is 16.7 Å². The molecule has 0 aliphatic carbocycles. The number of carbonyl (C=O) groups excluding carboxylic acids is 1. The minimum Gasteiger partial charge on any atom is -0.308 e. The molecule has 0 bridgehead atoms. The van der Waals surface area contributed by atoms with Crippen LogP contribution < -0.4 is 10.2 Å². The Morgan fingerprint density at radius 2 is 1.70 bits per heavy atom. The number of amides is 2. The van der Waals surface area contributed by atoms with Crippen molar-refractivity contribution in [1.29, 1.82) is 0 Å². The predicted octanol–water partition coefficient (Wildman–Crippen LogP) is 5.37. The fourth-order valence-corrected chi connectivity index (χ4v) is 3.12. The molecule has 0 fully saturated rings. The molecular weight excluding hydrogens is 304 g/mol. The number of thioether (sulfide) groups is 1. The van der Waals surface area contributed by atoms with Crippen LogP contribution in [0.2, 0.25) is 0 Å². The molecule has 2 aromatic carbocycles. The lowest BCUT2D eigenvalue weighted by molar-refractivity contribution is 0.258. The summed E-state index contributed by atoms with van der Waals surface area (Å²) in [4.78, 5) is 15.5. The fourth-order valence-electron chi connectivity index (χ4n) is 2.47. The van der Waals surface area contributed by atoms with E-state index in [-0.39, 0.29) is 11.4 Å². The standard InChI is InChI=1S/C19H24N2OS/c1-19(2,3)15-12-9-13-16(23-5)17(15)21(4)18(22)20-14-10-7-6-8-11-14/h6-13H,1-5H3,(H,20,22). The quantitative estimate of drug-likeness (QED) is 0.768. The van der Waals surface area contributed by atoms with Crippen molar-refractivity contribution in [2.24, 2.45) is 0 Å². The minimum absolute atomic E-state index is 0.0393. The van der Waals surface area contributed by atoms with Gasteiger partial charge in [0.15, 0.2) is 0 Å². The Kier molecular flexibility index (Phi) is 5.37. The van der Waals surface area contributed by atoms with E-state index in [2.05, 4.69) is 44.3 Å². The molecule has 0 saturated carbocycles. The lowest BCUT2D eigenvalue weighted by Crippen LogP contribution is -2.33. The summed E-state index contributed by atoms with van der Waals surface area (Å²) in [7, 11) is 1.82. The van der Waals surface area contributed by atoms with Crippen LogP contribution >= 0.6 is 11.8 Å². The van der Waals surface area contributed by atoms with Crippen molar-refractivity contribution in [3.05, 3.63) is 54.1 Å². The normalized spacial score (nSPS) is 11.2. The van der Waals surface area contributed by atoms with Gasteiger partial charge in [-0.1, -0.05) is 51.1 Å². The third-order valence-corrected chi connectivity index (χ3v) is 4.46. The molecule has 122 valence electrons. The van der Waals surface area contributed by atoms with E-state index in [0.717, 1.165) is 21.8 Å². The molecule has 0 heterocycles.